The Hall–Kier alpha value is -1.84. The van der Waals surface area contributed by atoms with Crippen LogP contribution in [0.5, 0.6) is 0 Å². The van der Waals surface area contributed by atoms with Crippen molar-refractivity contribution in [2.24, 2.45) is 46.3 Å². The molecule has 4 heteroatoms. The van der Waals surface area contributed by atoms with Gasteiger partial charge in [0.05, 0.1) is 10.8 Å². The predicted octanol–water partition coefficient (Wildman–Crippen LogP) is 5.87. The van der Waals surface area contributed by atoms with Gasteiger partial charge >= 0.3 is 0 Å². The lowest BCUT2D eigenvalue weighted by Crippen LogP contribution is -2.56. The first-order valence-corrected chi connectivity index (χ1v) is 15.6. The summed E-state index contributed by atoms with van der Waals surface area (Å²) in [6.45, 7) is 2.99. The molecule has 8 bridgehead atoms. The molecule has 0 aromatic heterocycles. The van der Waals surface area contributed by atoms with Gasteiger partial charge in [-0.25, -0.2) is 0 Å². The van der Waals surface area contributed by atoms with E-state index in [1.54, 1.807) is 0 Å². The summed E-state index contributed by atoms with van der Waals surface area (Å²) < 4.78 is 0. The molecule has 8 aliphatic carbocycles. The summed E-state index contributed by atoms with van der Waals surface area (Å²) in [5, 5.41) is 0. The zero-order valence-electron chi connectivity index (χ0n) is 22.5. The van der Waals surface area contributed by atoms with Crippen LogP contribution in [0.25, 0.3) is 0 Å². The zero-order chi connectivity index (χ0) is 24.8. The van der Waals surface area contributed by atoms with Crippen LogP contribution in [0, 0.1) is 46.3 Å². The third-order valence-electron chi connectivity index (χ3n) is 12.4. The Morgan fingerprint density at radius 1 is 0.568 bits per heavy atom. The second kappa shape index (κ2) is 8.33. The molecule has 9 fully saturated rings. The van der Waals surface area contributed by atoms with E-state index < -0.39 is 0 Å². The van der Waals surface area contributed by atoms with Crippen LogP contribution in [0.15, 0.2) is 30.3 Å². The second-order valence-electron chi connectivity index (χ2n) is 15.0. The van der Waals surface area contributed by atoms with Crippen LogP contribution in [0.1, 0.15) is 88.5 Å². The Morgan fingerprint density at radius 2 is 0.919 bits per heavy atom. The van der Waals surface area contributed by atoms with Crippen LogP contribution in [0.2, 0.25) is 0 Å². The summed E-state index contributed by atoms with van der Waals surface area (Å²) in [4.78, 5) is 33.3. The fourth-order valence-corrected chi connectivity index (χ4v) is 11.7. The monoisotopic (exact) mass is 500 g/mol. The van der Waals surface area contributed by atoms with Gasteiger partial charge in [-0.1, -0.05) is 30.3 Å². The maximum Gasteiger partial charge on any atom is 0.228 e. The maximum atomic E-state index is 14.4. The van der Waals surface area contributed by atoms with Gasteiger partial charge in [-0.3, -0.25) is 9.59 Å². The Morgan fingerprint density at radius 3 is 1.27 bits per heavy atom. The van der Waals surface area contributed by atoms with Gasteiger partial charge in [0.1, 0.15) is 0 Å². The number of hydrogen-bond acceptors (Lipinski definition) is 2. The molecule has 1 aromatic rings. The van der Waals surface area contributed by atoms with E-state index in [1.165, 1.54) is 44.1 Å². The van der Waals surface area contributed by atoms with Crippen molar-refractivity contribution in [3.8, 4) is 0 Å². The van der Waals surface area contributed by atoms with Crippen molar-refractivity contribution >= 4 is 11.8 Å². The molecule has 0 spiro atoms. The minimum absolute atomic E-state index is 0.102. The molecule has 1 saturated heterocycles. The van der Waals surface area contributed by atoms with Gasteiger partial charge in [0.25, 0.3) is 0 Å². The lowest BCUT2D eigenvalue weighted by molar-refractivity contribution is -0.159. The molecule has 9 aliphatic rings. The number of carbonyl (C=O) groups is 2. The molecule has 1 aliphatic heterocycles. The number of nitrogens with zero attached hydrogens (tertiary/aromatic N) is 2. The first-order valence-electron chi connectivity index (χ1n) is 15.6. The van der Waals surface area contributed by atoms with Gasteiger partial charge in [0, 0.05) is 32.1 Å². The van der Waals surface area contributed by atoms with Crippen molar-refractivity contribution in [1.82, 2.24) is 9.80 Å². The first kappa shape index (κ1) is 23.1. The number of hydrogen-bond donors (Lipinski definition) is 0. The summed E-state index contributed by atoms with van der Waals surface area (Å²) in [5.74, 6) is 5.76. The van der Waals surface area contributed by atoms with Crippen molar-refractivity contribution in [1.29, 1.82) is 0 Å². The number of benzene rings is 1. The highest BCUT2D eigenvalue weighted by Gasteiger charge is 2.57. The quantitative estimate of drug-likeness (QED) is 0.520. The smallest absolute Gasteiger partial charge is 0.228 e. The molecule has 0 unspecified atom stereocenters. The van der Waals surface area contributed by atoms with E-state index in [-0.39, 0.29) is 16.7 Å². The number of carbonyl (C=O) groups excluding carboxylic acids is 2. The zero-order valence-corrected chi connectivity index (χ0v) is 22.5. The lowest BCUT2D eigenvalue weighted by atomic mass is 9.49. The van der Waals surface area contributed by atoms with Crippen LogP contribution < -0.4 is 0 Å². The molecule has 0 N–H and O–H groups in total. The van der Waals surface area contributed by atoms with Crippen molar-refractivity contribution in [3.05, 3.63) is 35.9 Å². The molecule has 198 valence electrons. The Bertz CT molecular complexity index is 942. The van der Waals surface area contributed by atoms with E-state index in [0.29, 0.717) is 11.8 Å². The molecule has 1 aromatic carbocycles. The van der Waals surface area contributed by atoms with Crippen molar-refractivity contribution in [2.75, 3.05) is 26.2 Å². The van der Waals surface area contributed by atoms with E-state index in [0.717, 1.165) is 100 Å². The number of amides is 2. The number of rotatable bonds is 3. The molecule has 2 amide bonds. The standard InChI is InChI=1S/C33H44N2O2/c36-30(32-14-22-8-23(15-32)10-24(9-22)16-32)34-6-7-35(21-29(20-34)28-4-2-1-3-5-28)31(37)33-17-25-11-26(18-33)13-27(12-25)19-33/h1-5,22-27,29H,6-21H2. The van der Waals surface area contributed by atoms with E-state index in [9.17, 15) is 9.59 Å². The molecule has 37 heavy (non-hydrogen) atoms. The van der Waals surface area contributed by atoms with Crippen molar-refractivity contribution in [3.63, 3.8) is 0 Å². The maximum absolute atomic E-state index is 14.4. The highest BCUT2D eigenvalue weighted by Crippen LogP contribution is 2.62. The minimum Gasteiger partial charge on any atom is -0.340 e. The van der Waals surface area contributed by atoms with Crippen LogP contribution in [0.4, 0.5) is 0 Å². The predicted molar refractivity (Wildman–Crippen MR) is 144 cm³/mol. The van der Waals surface area contributed by atoms with Gasteiger partial charge in [-0.15, -0.1) is 0 Å². The fraction of sp³-hybridized carbons (Fsp3) is 0.758. The highest BCUT2D eigenvalue weighted by atomic mass is 16.2. The van der Waals surface area contributed by atoms with Crippen LogP contribution in [-0.2, 0) is 9.59 Å². The van der Waals surface area contributed by atoms with E-state index >= 15 is 0 Å². The van der Waals surface area contributed by atoms with E-state index in [4.69, 9.17) is 0 Å². The van der Waals surface area contributed by atoms with Crippen LogP contribution in [0.3, 0.4) is 0 Å². The molecule has 1 heterocycles. The van der Waals surface area contributed by atoms with E-state index in [2.05, 4.69) is 40.1 Å². The molecule has 0 atom stereocenters. The second-order valence-corrected chi connectivity index (χ2v) is 15.0. The largest absolute Gasteiger partial charge is 0.340 e. The van der Waals surface area contributed by atoms with Crippen LogP contribution >= 0.6 is 0 Å². The summed E-state index contributed by atoms with van der Waals surface area (Å²) in [6.07, 6.45) is 15.0. The molecule has 4 nitrogen and oxygen atoms in total. The summed E-state index contributed by atoms with van der Waals surface area (Å²) in [7, 11) is 0. The minimum atomic E-state index is -0.102. The van der Waals surface area contributed by atoms with Gasteiger partial charge in [0.15, 0.2) is 0 Å². The lowest BCUT2D eigenvalue weighted by Gasteiger charge is -2.56. The van der Waals surface area contributed by atoms with Crippen LogP contribution in [-0.4, -0.2) is 47.8 Å². The van der Waals surface area contributed by atoms with Gasteiger partial charge in [-0.05, 0) is 118 Å². The molecule has 10 rings (SSSR count). The Balaban J connectivity index is 1.08. The third kappa shape index (κ3) is 3.74. The Labute approximate surface area is 222 Å². The average molecular weight is 501 g/mol. The molecule has 8 saturated carbocycles. The highest BCUT2D eigenvalue weighted by molar-refractivity contribution is 5.85. The van der Waals surface area contributed by atoms with Crippen molar-refractivity contribution < 1.29 is 9.59 Å². The van der Waals surface area contributed by atoms with Gasteiger partial charge in [-0.2, -0.15) is 0 Å². The first-order chi connectivity index (χ1) is 18.0. The van der Waals surface area contributed by atoms with Crippen molar-refractivity contribution in [2.45, 2.75) is 83.0 Å². The fourth-order valence-electron chi connectivity index (χ4n) is 11.7. The van der Waals surface area contributed by atoms with Gasteiger partial charge in [0.2, 0.25) is 11.8 Å². The molecular formula is C33H44N2O2. The third-order valence-corrected chi connectivity index (χ3v) is 12.4. The summed E-state index contributed by atoms with van der Waals surface area (Å²) >= 11 is 0. The summed E-state index contributed by atoms with van der Waals surface area (Å²) in [5.41, 5.74) is 1.08. The summed E-state index contributed by atoms with van der Waals surface area (Å²) in [6, 6.07) is 10.8. The molecular weight excluding hydrogens is 456 g/mol. The van der Waals surface area contributed by atoms with E-state index in [1.807, 2.05) is 0 Å². The molecule has 0 radical (unpaired) electrons. The SMILES string of the molecule is O=C(N1CCN(C(=O)C23CC4CC(CC(C4)C2)C3)CC(c2ccccc2)C1)C12CC3CC(CC(C3)C1)C2. The average Bonchev–Trinajstić information content (AvgIpc) is 3.10. The topological polar surface area (TPSA) is 40.6 Å². The van der Waals surface area contributed by atoms with Gasteiger partial charge < -0.3 is 9.80 Å². The Kier molecular flexibility index (Phi) is 5.20. The normalized spacial score (nSPS) is 45.8.